The Kier molecular flexibility index (Phi) is 8.03. The largest absolute Gasteiger partial charge is 0.315 e. The lowest BCUT2D eigenvalue weighted by Crippen LogP contribution is -2.09. The number of nitrogens with one attached hydrogen (secondary N) is 1. The van der Waals surface area contributed by atoms with Crippen LogP contribution in [0, 0.1) is 34.6 Å². The highest BCUT2D eigenvalue weighted by Crippen LogP contribution is 2.29. The van der Waals surface area contributed by atoms with Gasteiger partial charge in [0.2, 0.25) is 5.91 Å². The molecule has 0 aromatic carbocycles. The van der Waals surface area contributed by atoms with Crippen LogP contribution in [0.5, 0.6) is 0 Å². The van der Waals surface area contributed by atoms with Gasteiger partial charge in [0.1, 0.15) is 16.6 Å². The first-order chi connectivity index (χ1) is 17.6. The van der Waals surface area contributed by atoms with Gasteiger partial charge in [0.15, 0.2) is 16.3 Å². The number of fused-ring (bicyclic) bond motifs is 3. The standard InChI is InChI=1S/C13H18N4OS.C13H16N4S/c1-5-6-11-14-8(2)7-17(11)12-13(15-9(3)18)19-10(4)16-12;1-5-6-10-14-7(2)11-8(3)15-13-12(17(10)11)16-9(4)18-13/h7H,5-6H2,1-4H3,(H,15,18);5-6H2,1-4H3. The van der Waals surface area contributed by atoms with Crippen LogP contribution in [-0.2, 0) is 17.6 Å². The fourth-order valence-electron chi connectivity index (χ4n) is 4.41. The Morgan fingerprint density at radius 2 is 1.51 bits per heavy atom. The number of aryl methyl sites for hydroxylation is 7. The Labute approximate surface area is 225 Å². The second-order valence-electron chi connectivity index (χ2n) is 9.09. The summed E-state index contributed by atoms with van der Waals surface area (Å²) in [4.78, 5) is 35.3. The molecule has 0 aliphatic carbocycles. The summed E-state index contributed by atoms with van der Waals surface area (Å²) in [6.07, 6.45) is 5.94. The van der Waals surface area contributed by atoms with Crippen LogP contribution in [0.2, 0.25) is 0 Å². The van der Waals surface area contributed by atoms with Gasteiger partial charge in [0.25, 0.3) is 0 Å². The molecule has 5 heterocycles. The topological polar surface area (TPSA) is 103 Å². The number of anilines is 1. The first kappa shape index (κ1) is 26.9. The summed E-state index contributed by atoms with van der Waals surface area (Å²) in [5.74, 6) is 2.77. The van der Waals surface area contributed by atoms with Crippen molar-refractivity contribution >= 4 is 49.6 Å². The number of imidazole rings is 2. The van der Waals surface area contributed by atoms with Crippen molar-refractivity contribution in [1.29, 1.82) is 0 Å². The molecule has 0 radical (unpaired) electrons. The maximum Gasteiger partial charge on any atom is 0.221 e. The van der Waals surface area contributed by atoms with Crippen molar-refractivity contribution in [3.8, 4) is 5.82 Å². The molecule has 5 aromatic rings. The molecular formula is C26H34N8OS2. The molecule has 5 aromatic heterocycles. The van der Waals surface area contributed by atoms with Gasteiger partial charge in [-0.3, -0.25) is 13.8 Å². The minimum atomic E-state index is -0.0845. The number of carbonyl (C=O) groups excluding carboxylic acids is 1. The summed E-state index contributed by atoms with van der Waals surface area (Å²) in [5.41, 5.74) is 5.13. The molecule has 11 heteroatoms. The highest BCUT2D eigenvalue weighted by Gasteiger charge is 2.17. The third-order valence-corrected chi connectivity index (χ3v) is 7.45. The minimum Gasteiger partial charge on any atom is -0.315 e. The Hall–Kier alpha value is -3.18. The minimum absolute atomic E-state index is 0.0845. The predicted molar refractivity (Wildman–Crippen MR) is 151 cm³/mol. The van der Waals surface area contributed by atoms with Gasteiger partial charge in [0, 0.05) is 26.0 Å². The van der Waals surface area contributed by atoms with E-state index in [1.807, 2.05) is 45.4 Å². The molecule has 5 rings (SSSR count). The second kappa shape index (κ2) is 11.1. The second-order valence-corrected chi connectivity index (χ2v) is 11.5. The lowest BCUT2D eigenvalue weighted by molar-refractivity contribution is -0.114. The van der Waals surface area contributed by atoms with Gasteiger partial charge in [-0.05, 0) is 47.5 Å². The fourth-order valence-corrected chi connectivity index (χ4v) is 6.09. The smallest absolute Gasteiger partial charge is 0.221 e. The molecule has 0 saturated heterocycles. The Morgan fingerprint density at radius 1 is 0.865 bits per heavy atom. The van der Waals surface area contributed by atoms with Gasteiger partial charge in [-0.2, -0.15) is 0 Å². The van der Waals surface area contributed by atoms with Crippen molar-refractivity contribution in [2.24, 2.45) is 0 Å². The van der Waals surface area contributed by atoms with Crippen molar-refractivity contribution in [3.05, 3.63) is 44.9 Å². The summed E-state index contributed by atoms with van der Waals surface area (Å²) in [7, 11) is 0. The Balaban J connectivity index is 0.000000173. The Bertz CT molecular complexity index is 1570. The van der Waals surface area contributed by atoms with Crippen LogP contribution in [-0.4, -0.2) is 39.8 Å². The van der Waals surface area contributed by atoms with Crippen LogP contribution in [0.25, 0.3) is 21.8 Å². The first-order valence-corrected chi connectivity index (χ1v) is 14.2. The molecule has 1 amide bonds. The molecule has 0 saturated carbocycles. The molecule has 0 unspecified atom stereocenters. The third kappa shape index (κ3) is 5.57. The molecule has 0 atom stereocenters. The first-order valence-electron chi connectivity index (χ1n) is 12.5. The number of hydrogen-bond donors (Lipinski definition) is 1. The number of nitrogens with zero attached hydrogens (tertiary/aromatic N) is 7. The molecule has 0 aliphatic rings. The molecule has 1 N–H and O–H groups in total. The summed E-state index contributed by atoms with van der Waals surface area (Å²) in [6, 6.07) is 0. The van der Waals surface area contributed by atoms with Gasteiger partial charge >= 0.3 is 0 Å². The van der Waals surface area contributed by atoms with Gasteiger partial charge in [0.05, 0.1) is 32.6 Å². The van der Waals surface area contributed by atoms with E-state index < -0.39 is 0 Å². The van der Waals surface area contributed by atoms with E-state index in [9.17, 15) is 4.79 Å². The van der Waals surface area contributed by atoms with Crippen molar-refractivity contribution < 1.29 is 4.79 Å². The summed E-state index contributed by atoms with van der Waals surface area (Å²) in [6.45, 7) is 15.8. The van der Waals surface area contributed by atoms with E-state index in [-0.39, 0.29) is 5.91 Å². The van der Waals surface area contributed by atoms with Crippen LogP contribution < -0.4 is 5.32 Å². The number of aromatic nitrogens is 7. The summed E-state index contributed by atoms with van der Waals surface area (Å²) >= 11 is 3.13. The molecular weight excluding hydrogens is 504 g/mol. The Morgan fingerprint density at radius 3 is 2.19 bits per heavy atom. The van der Waals surface area contributed by atoms with E-state index in [0.29, 0.717) is 0 Å². The van der Waals surface area contributed by atoms with Crippen molar-refractivity contribution in [2.75, 3.05) is 5.32 Å². The number of rotatable bonds is 6. The number of thiazole rings is 2. The van der Waals surface area contributed by atoms with E-state index in [2.05, 4.69) is 48.5 Å². The summed E-state index contributed by atoms with van der Waals surface area (Å²) in [5, 5.41) is 5.59. The summed E-state index contributed by atoms with van der Waals surface area (Å²) < 4.78 is 4.17. The monoisotopic (exact) mass is 538 g/mol. The molecule has 0 bridgehead atoms. The number of hydrogen-bond acceptors (Lipinski definition) is 8. The average molecular weight is 539 g/mol. The van der Waals surface area contributed by atoms with Crippen molar-refractivity contribution in [1.82, 2.24) is 33.9 Å². The highest BCUT2D eigenvalue weighted by atomic mass is 32.1. The predicted octanol–water partition coefficient (Wildman–Crippen LogP) is 6.07. The van der Waals surface area contributed by atoms with Gasteiger partial charge < -0.3 is 5.32 Å². The number of amides is 1. The quantitative estimate of drug-likeness (QED) is 0.281. The van der Waals surface area contributed by atoms with E-state index in [4.69, 9.17) is 0 Å². The van der Waals surface area contributed by atoms with Crippen LogP contribution >= 0.6 is 22.7 Å². The average Bonchev–Trinajstić information content (AvgIpc) is 3.54. The SMILES string of the molecule is CCCc1nc(C)c2c(C)nc3sc(C)nc3n12.CCCc1nc(C)cn1-c1nc(C)sc1NC(C)=O. The zero-order chi connectivity index (χ0) is 26.9. The molecule has 0 aliphatic heterocycles. The van der Waals surface area contributed by atoms with E-state index in [1.165, 1.54) is 18.3 Å². The maximum atomic E-state index is 11.3. The van der Waals surface area contributed by atoms with E-state index >= 15 is 0 Å². The lowest BCUT2D eigenvalue weighted by atomic mass is 10.3. The molecule has 9 nitrogen and oxygen atoms in total. The molecule has 0 fully saturated rings. The van der Waals surface area contributed by atoms with Crippen molar-refractivity contribution in [3.63, 3.8) is 0 Å². The van der Waals surface area contributed by atoms with Crippen LogP contribution in [0.15, 0.2) is 6.20 Å². The van der Waals surface area contributed by atoms with Gasteiger partial charge in [-0.1, -0.05) is 36.5 Å². The normalized spacial score (nSPS) is 11.2. The fraction of sp³-hybridized carbons (Fsp3) is 0.462. The van der Waals surface area contributed by atoms with E-state index in [1.54, 1.807) is 11.3 Å². The highest BCUT2D eigenvalue weighted by molar-refractivity contribution is 7.18. The zero-order valence-corrected chi connectivity index (χ0v) is 24.4. The number of carbonyl (C=O) groups is 1. The maximum absolute atomic E-state index is 11.3. The zero-order valence-electron chi connectivity index (χ0n) is 22.8. The van der Waals surface area contributed by atoms with Gasteiger partial charge in [-0.25, -0.2) is 24.9 Å². The molecule has 196 valence electrons. The molecule has 0 spiro atoms. The van der Waals surface area contributed by atoms with E-state index in [0.717, 1.165) is 91.2 Å². The third-order valence-electron chi connectivity index (χ3n) is 5.72. The molecule has 37 heavy (non-hydrogen) atoms. The van der Waals surface area contributed by atoms with Crippen molar-refractivity contribution in [2.45, 2.75) is 81.1 Å². The lowest BCUT2D eigenvalue weighted by Gasteiger charge is -2.06. The van der Waals surface area contributed by atoms with Crippen LogP contribution in [0.3, 0.4) is 0 Å². The van der Waals surface area contributed by atoms with Crippen LogP contribution in [0.4, 0.5) is 5.00 Å². The van der Waals surface area contributed by atoms with Crippen LogP contribution in [0.1, 0.15) is 72.4 Å². The van der Waals surface area contributed by atoms with Gasteiger partial charge in [-0.15, -0.1) is 0 Å².